The molecule has 0 aliphatic rings. The Kier molecular flexibility index (Phi) is 6.40. The number of rotatable bonds is 7. The van der Waals surface area contributed by atoms with Crippen LogP contribution in [0.4, 0.5) is 13.2 Å². The van der Waals surface area contributed by atoms with Crippen molar-refractivity contribution in [3.8, 4) is 23.0 Å². The third kappa shape index (κ3) is 4.80. The zero-order chi connectivity index (χ0) is 24.3. The van der Waals surface area contributed by atoms with E-state index in [1.54, 1.807) is 55.5 Å². The minimum absolute atomic E-state index is 0.105. The molecule has 0 fully saturated rings. The number of esters is 1. The Morgan fingerprint density at radius 2 is 1.79 bits per heavy atom. The average Bonchev–Trinajstić information content (AvgIpc) is 3.44. The monoisotopic (exact) mass is 470 g/mol. The number of carbonyl (C=O) groups is 1. The van der Waals surface area contributed by atoms with Crippen molar-refractivity contribution in [1.82, 2.24) is 20.0 Å². The maximum Gasteiger partial charge on any atom is 0.435 e. The van der Waals surface area contributed by atoms with E-state index in [9.17, 15) is 23.1 Å². The third-order valence-electron chi connectivity index (χ3n) is 5.22. The van der Waals surface area contributed by atoms with Crippen LogP contribution in [0.1, 0.15) is 34.1 Å². The first kappa shape index (κ1) is 23.1. The van der Waals surface area contributed by atoms with E-state index in [1.807, 2.05) is 6.07 Å². The second-order valence-corrected chi connectivity index (χ2v) is 7.48. The molecule has 34 heavy (non-hydrogen) atoms. The van der Waals surface area contributed by atoms with Crippen molar-refractivity contribution >= 4 is 5.97 Å². The summed E-state index contributed by atoms with van der Waals surface area (Å²) in [7, 11) is 0. The fraction of sp³-hybridized carbons (Fsp3) is 0.208. The molecule has 7 nitrogen and oxygen atoms in total. The van der Waals surface area contributed by atoms with Gasteiger partial charge in [0.25, 0.3) is 0 Å². The summed E-state index contributed by atoms with van der Waals surface area (Å²) in [6.07, 6.45) is -3.77. The Hall–Kier alpha value is -4.08. The van der Waals surface area contributed by atoms with Gasteiger partial charge in [-0.05, 0) is 37.5 Å². The number of nitrogens with zero attached hydrogens (tertiary/aromatic N) is 3. The molecule has 4 aromatic rings. The topological polar surface area (TPSA) is 93.0 Å². The Morgan fingerprint density at radius 3 is 2.41 bits per heavy atom. The van der Waals surface area contributed by atoms with Gasteiger partial charge in [-0.25, -0.2) is 4.79 Å². The number of aryl methyl sites for hydroxylation is 1. The van der Waals surface area contributed by atoms with Gasteiger partial charge < -0.3 is 9.84 Å². The highest BCUT2D eigenvalue weighted by molar-refractivity contribution is 5.89. The standard InChI is InChI=1S/C24H21F3N4O3/c1-2-34-23(33)17-11-8-15(9-12-17)10-13-18-21(16-6-4-3-5-7-16)30-31(22(18)32)20-14-19(28-29-20)24(25,26)27/h3-9,11-12,14,32H,2,10,13H2,1H3,(H,28,29). The lowest BCUT2D eigenvalue weighted by Crippen LogP contribution is -2.04. The highest BCUT2D eigenvalue weighted by Crippen LogP contribution is 2.34. The lowest BCUT2D eigenvalue weighted by Gasteiger charge is -2.06. The number of H-pyrrole nitrogens is 1. The van der Waals surface area contributed by atoms with Crippen LogP contribution in [-0.2, 0) is 23.8 Å². The van der Waals surface area contributed by atoms with Crippen molar-refractivity contribution in [2.24, 2.45) is 0 Å². The van der Waals surface area contributed by atoms with E-state index < -0.39 is 17.8 Å². The van der Waals surface area contributed by atoms with Crippen LogP contribution in [0, 0.1) is 0 Å². The fourth-order valence-electron chi connectivity index (χ4n) is 3.52. The molecule has 0 radical (unpaired) electrons. The van der Waals surface area contributed by atoms with Crippen molar-refractivity contribution in [3.05, 3.63) is 83.0 Å². The highest BCUT2D eigenvalue weighted by Gasteiger charge is 2.34. The SMILES string of the molecule is CCOC(=O)c1ccc(CCc2c(-c3ccccc3)nn(-c3cc(C(F)(F)F)n[nH]3)c2O)cc1. The summed E-state index contributed by atoms with van der Waals surface area (Å²) in [6, 6.07) is 16.8. The number of aromatic amines is 1. The van der Waals surface area contributed by atoms with Crippen molar-refractivity contribution < 1.29 is 27.8 Å². The van der Waals surface area contributed by atoms with Crippen LogP contribution in [0.15, 0.2) is 60.7 Å². The zero-order valence-electron chi connectivity index (χ0n) is 18.1. The Balaban J connectivity index is 1.65. The third-order valence-corrected chi connectivity index (χ3v) is 5.22. The number of alkyl halides is 3. The molecule has 4 rings (SSSR count). The Bertz CT molecular complexity index is 1280. The van der Waals surface area contributed by atoms with Crippen LogP contribution >= 0.6 is 0 Å². The molecule has 0 aliphatic carbocycles. The van der Waals surface area contributed by atoms with Crippen molar-refractivity contribution in [2.75, 3.05) is 6.61 Å². The molecule has 0 bridgehead atoms. The van der Waals surface area contributed by atoms with Gasteiger partial charge in [0.2, 0.25) is 5.88 Å². The number of halogens is 3. The number of nitrogens with one attached hydrogen (secondary N) is 1. The molecule has 0 atom stereocenters. The minimum Gasteiger partial charge on any atom is -0.493 e. The first-order valence-corrected chi connectivity index (χ1v) is 10.5. The minimum atomic E-state index is -4.63. The van der Waals surface area contributed by atoms with E-state index in [0.717, 1.165) is 16.3 Å². The van der Waals surface area contributed by atoms with Gasteiger partial charge in [-0.3, -0.25) is 5.10 Å². The van der Waals surface area contributed by atoms with Crippen LogP contribution in [0.25, 0.3) is 17.1 Å². The molecule has 10 heteroatoms. The van der Waals surface area contributed by atoms with Crippen molar-refractivity contribution in [3.63, 3.8) is 0 Å². The second-order valence-electron chi connectivity index (χ2n) is 7.48. The van der Waals surface area contributed by atoms with Gasteiger partial charge in [-0.2, -0.15) is 28.1 Å². The van der Waals surface area contributed by atoms with Crippen LogP contribution in [-0.4, -0.2) is 37.7 Å². The largest absolute Gasteiger partial charge is 0.493 e. The van der Waals surface area contributed by atoms with Gasteiger partial charge in [0.05, 0.1) is 17.9 Å². The lowest BCUT2D eigenvalue weighted by atomic mass is 10.0. The van der Waals surface area contributed by atoms with Gasteiger partial charge in [0, 0.05) is 17.2 Å². The smallest absolute Gasteiger partial charge is 0.435 e. The summed E-state index contributed by atoms with van der Waals surface area (Å²) in [5.41, 5.74) is 1.86. The predicted molar refractivity (Wildman–Crippen MR) is 118 cm³/mol. The number of aromatic nitrogens is 4. The number of aromatic hydroxyl groups is 1. The first-order valence-electron chi connectivity index (χ1n) is 10.5. The summed E-state index contributed by atoms with van der Waals surface area (Å²) in [6.45, 7) is 2.02. The molecule has 2 aromatic carbocycles. The summed E-state index contributed by atoms with van der Waals surface area (Å²) < 4.78 is 45.0. The van der Waals surface area contributed by atoms with Crippen molar-refractivity contribution in [2.45, 2.75) is 25.9 Å². The van der Waals surface area contributed by atoms with E-state index in [-0.39, 0.29) is 18.3 Å². The maximum atomic E-state index is 13.0. The molecule has 176 valence electrons. The number of ether oxygens (including phenoxy) is 1. The molecule has 0 spiro atoms. The van der Waals surface area contributed by atoms with Gasteiger partial charge in [-0.15, -0.1) is 0 Å². The van der Waals surface area contributed by atoms with Crippen LogP contribution in [0.5, 0.6) is 5.88 Å². The van der Waals surface area contributed by atoms with Crippen LogP contribution in [0.2, 0.25) is 0 Å². The molecule has 2 N–H and O–H groups in total. The fourth-order valence-corrected chi connectivity index (χ4v) is 3.52. The van der Waals surface area contributed by atoms with E-state index in [4.69, 9.17) is 4.74 Å². The molecular weight excluding hydrogens is 449 g/mol. The molecule has 2 aromatic heterocycles. The van der Waals surface area contributed by atoms with Crippen LogP contribution < -0.4 is 0 Å². The van der Waals surface area contributed by atoms with E-state index in [0.29, 0.717) is 35.2 Å². The first-order chi connectivity index (χ1) is 16.3. The number of carbonyl (C=O) groups excluding carboxylic acids is 1. The average molecular weight is 470 g/mol. The normalized spacial score (nSPS) is 11.5. The number of benzene rings is 2. The molecule has 0 aliphatic heterocycles. The van der Waals surface area contributed by atoms with E-state index in [1.165, 1.54) is 0 Å². The summed E-state index contributed by atoms with van der Waals surface area (Å²) in [5.74, 6) is -0.788. The Morgan fingerprint density at radius 1 is 1.09 bits per heavy atom. The lowest BCUT2D eigenvalue weighted by molar-refractivity contribution is -0.141. The second kappa shape index (κ2) is 9.42. The highest BCUT2D eigenvalue weighted by atomic mass is 19.4. The van der Waals surface area contributed by atoms with Gasteiger partial charge in [-0.1, -0.05) is 42.5 Å². The molecule has 0 saturated heterocycles. The van der Waals surface area contributed by atoms with Gasteiger partial charge in [0.15, 0.2) is 11.5 Å². The molecular formula is C24H21F3N4O3. The zero-order valence-corrected chi connectivity index (χ0v) is 18.1. The van der Waals surface area contributed by atoms with Gasteiger partial charge >= 0.3 is 12.1 Å². The number of hydrogen-bond acceptors (Lipinski definition) is 5. The van der Waals surface area contributed by atoms with Crippen LogP contribution in [0.3, 0.4) is 0 Å². The number of hydrogen-bond donors (Lipinski definition) is 2. The van der Waals surface area contributed by atoms with E-state index in [2.05, 4.69) is 15.3 Å². The predicted octanol–water partition coefficient (Wildman–Crippen LogP) is 4.95. The maximum absolute atomic E-state index is 13.0. The summed E-state index contributed by atoms with van der Waals surface area (Å²) in [4.78, 5) is 11.8. The van der Waals surface area contributed by atoms with Crippen molar-refractivity contribution in [1.29, 1.82) is 0 Å². The summed E-state index contributed by atoms with van der Waals surface area (Å²) >= 11 is 0. The summed E-state index contributed by atoms with van der Waals surface area (Å²) in [5, 5.41) is 20.9. The Labute approximate surface area is 192 Å². The quantitative estimate of drug-likeness (QED) is 0.373. The van der Waals surface area contributed by atoms with Gasteiger partial charge in [0.1, 0.15) is 0 Å². The molecule has 2 heterocycles. The molecule has 0 amide bonds. The molecule has 0 saturated carbocycles. The molecule has 0 unspecified atom stereocenters. The van der Waals surface area contributed by atoms with E-state index >= 15 is 0 Å².